The molecule has 1 saturated carbocycles. The summed E-state index contributed by atoms with van der Waals surface area (Å²) in [7, 11) is -3.06. The van der Waals surface area contributed by atoms with E-state index >= 15 is 0 Å². The van der Waals surface area contributed by atoms with Gasteiger partial charge >= 0.3 is 0 Å². The highest BCUT2D eigenvalue weighted by atomic mass is 32.2. The van der Waals surface area contributed by atoms with Crippen molar-refractivity contribution >= 4 is 15.5 Å². The van der Waals surface area contributed by atoms with Gasteiger partial charge in [0.25, 0.3) is 0 Å². The Bertz CT molecular complexity index is 583. The summed E-state index contributed by atoms with van der Waals surface area (Å²) in [4.78, 5) is 0. The van der Waals surface area contributed by atoms with Gasteiger partial charge in [0, 0.05) is 18.4 Å². The van der Waals surface area contributed by atoms with Crippen LogP contribution in [0, 0.1) is 5.82 Å². The first-order valence-corrected chi connectivity index (χ1v) is 9.30. The normalized spacial score (nSPS) is 17.7. The Balaban J connectivity index is 2.10. The lowest BCUT2D eigenvalue weighted by atomic mass is 10.2. The second-order valence-electron chi connectivity index (χ2n) is 5.80. The fourth-order valence-electron chi connectivity index (χ4n) is 2.66. The zero-order valence-electron chi connectivity index (χ0n) is 12.4. The molecule has 0 heterocycles. The Kier molecular flexibility index (Phi) is 5.08. The summed E-state index contributed by atoms with van der Waals surface area (Å²) >= 11 is 0. The van der Waals surface area contributed by atoms with Crippen LogP contribution in [-0.2, 0) is 9.84 Å². The van der Waals surface area contributed by atoms with Crippen molar-refractivity contribution in [3.05, 3.63) is 24.0 Å². The first-order valence-electron chi connectivity index (χ1n) is 7.24. The maximum atomic E-state index is 13.4. The van der Waals surface area contributed by atoms with Gasteiger partial charge in [0.2, 0.25) is 0 Å². The number of hydrogen-bond acceptors (Lipinski definition) is 4. The van der Waals surface area contributed by atoms with E-state index < -0.39 is 9.84 Å². The van der Waals surface area contributed by atoms with Crippen molar-refractivity contribution in [1.29, 1.82) is 0 Å². The zero-order valence-corrected chi connectivity index (χ0v) is 13.2. The molecule has 1 atom stereocenters. The van der Waals surface area contributed by atoms with Gasteiger partial charge in [-0.05, 0) is 44.7 Å². The predicted octanol–water partition coefficient (Wildman–Crippen LogP) is 2.99. The van der Waals surface area contributed by atoms with Crippen molar-refractivity contribution in [1.82, 2.24) is 0 Å². The molecule has 1 fully saturated rings. The number of rotatable bonds is 6. The zero-order chi connectivity index (χ0) is 15.5. The summed E-state index contributed by atoms with van der Waals surface area (Å²) < 4.78 is 41.9. The van der Waals surface area contributed by atoms with Crippen molar-refractivity contribution in [3.63, 3.8) is 0 Å². The van der Waals surface area contributed by atoms with Gasteiger partial charge < -0.3 is 10.1 Å². The van der Waals surface area contributed by atoms with Gasteiger partial charge in [0.15, 0.2) is 0 Å². The molecule has 0 unspecified atom stereocenters. The fraction of sp³-hybridized carbons (Fsp3) is 0.600. The lowest BCUT2D eigenvalue weighted by Gasteiger charge is -2.20. The standard InChI is InChI=1S/C15H22FNO3S/c1-11(10-21(2,18)19)17-14-8-7-12(16)9-15(14)20-13-5-3-4-6-13/h7-9,11,13,17H,3-6,10H2,1-2H3/t11-/m0/s1. The molecule has 0 aliphatic heterocycles. The smallest absolute Gasteiger partial charge is 0.149 e. The second-order valence-corrected chi connectivity index (χ2v) is 7.99. The largest absolute Gasteiger partial charge is 0.488 e. The summed E-state index contributed by atoms with van der Waals surface area (Å²) in [6, 6.07) is 4.03. The van der Waals surface area contributed by atoms with Gasteiger partial charge in [0.05, 0.1) is 17.5 Å². The molecular formula is C15H22FNO3S. The van der Waals surface area contributed by atoms with E-state index in [2.05, 4.69) is 5.32 Å². The molecule has 0 aromatic heterocycles. The van der Waals surface area contributed by atoms with Crippen molar-refractivity contribution in [2.75, 3.05) is 17.3 Å². The third-order valence-corrected chi connectivity index (χ3v) is 4.60. The SMILES string of the molecule is C[C@@H](CS(C)(=O)=O)Nc1ccc(F)cc1OC1CCCC1. The highest BCUT2D eigenvalue weighted by molar-refractivity contribution is 7.90. The molecule has 1 aromatic rings. The fourth-order valence-corrected chi connectivity index (χ4v) is 3.65. The van der Waals surface area contributed by atoms with Gasteiger partial charge in [-0.25, -0.2) is 12.8 Å². The minimum absolute atomic E-state index is 0.0211. The molecule has 21 heavy (non-hydrogen) atoms. The summed E-state index contributed by atoms with van der Waals surface area (Å²) in [6.07, 6.45) is 5.55. The molecular weight excluding hydrogens is 293 g/mol. The molecule has 6 heteroatoms. The second kappa shape index (κ2) is 6.64. The predicted molar refractivity (Wildman–Crippen MR) is 82.1 cm³/mol. The Morgan fingerprint density at radius 3 is 2.67 bits per heavy atom. The van der Waals surface area contributed by atoms with E-state index in [1.165, 1.54) is 18.4 Å². The molecule has 1 aromatic carbocycles. The van der Waals surface area contributed by atoms with Crippen LogP contribution in [0.25, 0.3) is 0 Å². The van der Waals surface area contributed by atoms with E-state index in [4.69, 9.17) is 4.74 Å². The van der Waals surface area contributed by atoms with E-state index in [0.29, 0.717) is 11.4 Å². The third-order valence-electron chi connectivity index (χ3n) is 3.49. The molecule has 1 N–H and O–H groups in total. The first-order chi connectivity index (χ1) is 9.83. The molecule has 4 nitrogen and oxygen atoms in total. The van der Waals surface area contributed by atoms with Crippen LogP contribution in [0.2, 0.25) is 0 Å². The minimum atomic E-state index is -3.06. The summed E-state index contributed by atoms with van der Waals surface area (Å²) in [5, 5.41) is 3.10. The van der Waals surface area contributed by atoms with E-state index in [1.54, 1.807) is 13.0 Å². The number of nitrogens with one attached hydrogen (secondary N) is 1. The number of ether oxygens (including phenoxy) is 1. The van der Waals surface area contributed by atoms with Crippen molar-refractivity contribution in [3.8, 4) is 5.75 Å². The topological polar surface area (TPSA) is 55.4 Å². The van der Waals surface area contributed by atoms with Crippen LogP contribution >= 0.6 is 0 Å². The molecule has 0 spiro atoms. The molecule has 0 bridgehead atoms. The lowest BCUT2D eigenvalue weighted by molar-refractivity contribution is 0.210. The van der Waals surface area contributed by atoms with Crippen LogP contribution in [0.5, 0.6) is 5.75 Å². The van der Waals surface area contributed by atoms with Crippen LogP contribution in [-0.4, -0.2) is 32.6 Å². The maximum Gasteiger partial charge on any atom is 0.149 e. The van der Waals surface area contributed by atoms with Crippen LogP contribution in [0.1, 0.15) is 32.6 Å². The highest BCUT2D eigenvalue weighted by Crippen LogP contribution is 2.31. The van der Waals surface area contributed by atoms with Gasteiger partial charge in [-0.1, -0.05) is 0 Å². The Hall–Kier alpha value is -1.30. The van der Waals surface area contributed by atoms with E-state index in [1.807, 2.05) is 0 Å². The monoisotopic (exact) mass is 315 g/mol. The van der Waals surface area contributed by atoms with E-state index in [-0.39, 0.29) is 23.7 Å². The minimum Gasteiger partial charge on any atom is -0.488 e. The summed E-state index contributed by atoms with van der Waals surface area (Å²) in [5.41, 5.74) is 0.638. The highest BCUT2D eigenvalue weighted by Gasteiger charge is 2.19. The van der Waals surface area contributed by atoms with E-state index in [9.17, 15) is 12.8 Å². The molecule has 1 aliphatic carbocycles. The molecule has 1 aliphatic rings. The van der Waals surface area contributed by atoms with Crippen LogP contribution < -0.4 is 10.1 Å². The number of sulfone groups is 1. The molecule has 2 rings (SSSR count). The summed E-state index contributed by atoms with van der Waals surface area (Å²) in [5.74, 6) is 0.124. The number of halogens is 1. The Labute approximate surface area is 125 Å². The van der Waals surface area contributed by atoms with Crippen molar-refractivity contribution in [2.45, 2.75) is 44.8 Å². The number of hydrogen-bond donors (Lipinski definition) is 1. The van der Waals surface area contributed by atoms with Crippen molar-refractivity contribution in [2.24, 2.45) is 0 Å². The molecule has 118 valence electrons. The third kappa shape index (κ3) is 5.19. The maximum absolute atomic E-state index is 13.4. The van der Waals surface area contributed by atoms with Gasteiger partial charge in [-0.3, -0.25) is 0 Å². The molecule has 0 saturated heterocycles. The van der Waals surface area contributed by atoms with E-state index in [0.717, 1.165) is 25.7 Å². The van der Waals surface area contributed by atoms with Crippen molar-refractivity contribution < 1.29 is 17.5 Å². The van der Waals surface area contributed by atoms with Crippen LogP contribution in [0.15, 0.2) is 18.2 Å². The molecule has 0 amide bonds. The average molecular weight is 315 g/mol. The van der Waals surface area contributed by atoms with Gasteiger partial charge in [0.1, 0.15) is 21.4 Å². The Morgan fingerprint density at radius 1 is 1.38 bits per heavy atom. The lowest BCUT2D eigenvalue weighted by Crippen LogP contribution is -2.25. The summed E-state index contributed by atoms with van der Waals surface area (Å²) in [6.45, 7) is 1.78. The van der Waals surface area contributed by atoms with Crippen LogP contribution in [0.3, 0.4) is 0 Å². The van der Waals surface area contributed by atoms with Gasteiger partial charge in [-0.2, -0.15) is 0 Å². The van der Waals surface area contributed by atoms with Gasteiger partial charge in [-0.15, -0.1) is 0 Å². The molecule has 0 radical (unpaired) electrons. The Morgan fingerprint density at radius 2 is 2.05 bits per heavy atom. The number of benzene rings is 1. The quantitative estimate of drug-likeness (QED) is 0.877. The first kappa shape index (κ1) is 16.1. The average Bonchev–Trinajstić information content (AvgIpc) is 2.83. The van der Waals surface area contributed by atoms with Crippen LogP contribution in [0.4, 0.5) is 10.1 Å². The number of anilines is 1.